The van der Waals surface area contributed by atoms with E-state index in [1.165, 1.54) is 11.1 Å². The van der Waals surface area contributed by atoms with Crippen LogP contribution >= 0.6 is 15.9 Å². The second-order valence-electron chi connectivity index (χ2n) is 5.09. The van der Waals surface area contributed by atoms with E-state index in [0.29, 0.717) is 0 Å². The number of carboxylic acid groups (broad SMARTS) is 1. The number of carbonyl (C=O) groups is 1. The van der Waals surface area contributed by atoms with Gasteiger partial charge in [-0.15, -0.1) is 0 Å². The summed E-state index contributed by atoms with van der Waals surface area (Å²) in [7, 11) is 0. The van der Waals surface area contributed by atoms with Crippen LogP contribution in [-0.4, -0.2) is 11.2 Å². The molecule has 2 aliphatic carbocycles. The van der Waals surface area contributed by atoms with Crippen LogP contribution in [0.15, 0.2) is 22.7 Å². The van der Waals surface area contributed by atoms with Gasteiger partial charge in [-0.1, -0.05) is 22.0 Å². The third kappa shape index (κ3) is 1.84. The van der Waals surface area contributed by atoms with Crippen LogP contribution in [0.1, 0.15) is 36.4 Å². The molecule has 1 fully saturated rings. The lowest BCUT2D eigenvalue weighted by molar-refractivity contribution is 0.178. The number of rotatable bonds is 1. The van der Waals surface area contributed by atoms with Crippen molar-refractivity contribution in [1.82, 2.24) is 5.32 Å². The predicted molar refractivity (Wildman–Crippen MR) is 68.0 cm³/mol. The van der Waals surface area contributed by atoms with E-state index in [4.69, 9.17) is 5.11 Å². The SMILES string of the molecule is O=C(O)NC1c2ccc(Br)cc2CCC12CC2. The van der Waals surface area contributed by atoms with E-state index >= 15 is 0 Å². The Hall–Kier alpha value is -1.03. The molecule has 90 valence electrons. The van der Waals surface area contributed by atoms with Crippen LogP contribution in [0.5, 0.6) is 0 Å². The number of hydrogen-bond acceptors (Lipinski definition) is 1. The zero-order chi connectivity index (χ0) is 12.0. The van der Waals surface area contributed by atoms with Gasteiger partial charge in [-0.05, 0) is 54.4 Å². The van der Waals surface area contributed by atoms with Gasteiger partial charge in [-0.2, -0.15) is 0 Å². The molecule has 1 spiro atoms. The standard InChI is InChI=1S/C13H14BrNO2/c14-9-1-2-10-8(7-9)3-4-13(5-6-13)11(10)15-12(16)17/h1-2,7,11,15H,3-6H2,(H,16,17). The fourth-order valence-electron chi connectivity index (χ4n) is 2.98. The van der Waals surface area contributed by atoms with Gasteiger partial charge in [0.1, 0.15) is 0 Å². The maximum absolute atomic E-state index is 10.9. The Morgan fingerprint density at radius 3 is 2.82 bits per heavy atom. The minimum atomic E-state index is -0.919. The molecule has 4 heteroatoms. The monoisotopic (exact) mass is 295 g/mol. The van der Waals surface area contributed by atoms with Gasteiger partial charge in [0.2, 0.25) is 0 Å². The first-order valence-corrected chi connectivity index (χ1v) is 6.68. The van der Waals surface area contributed by atoms with Crippen LogP contribution in [0.25, 0.3) is 0 Å². The number of aryl methyl sites for hydroxylation is 1. The van der Waals surface area contributed by atoms with E-state index in [2.05, 4.69) is 33.4 Å². The Morgan fingerprint density at radius 1 is 1.41 bits per heavy atom. The Bertz CT molecular complexity index is 482. The molecule has 0 aromatic heterocycles. The van der Waals surface area contributed by atoms with E-state index in [0.717, 1.165) is 30.2 Å². The number of benzene rings is 1. The highest BCUT2D eigenvalue weighted by Crippen LogP contribution is 2.60. The Kier molecular flexibility index (Phi) is 2.43. The highest BCUT2D eigenvalue weighted by Gasteiger charge is 2.52. The molecule has 3 nitrogen and oxygen atoms in total. The molecule has 0 aliphatic heterocycles. The van der Waals surface area contributed by atoms with E-state index < -0.39 is 6.09 Å². The lowest BCUT2D eigenvalue weighted by Gasteiger charge is -2.34. The molecule has 1 atom stereocenters. The minimum absolute atomic E-state index is 0.0168. The quantitative estimate of drug-likeness (QED) is 0.833. The molecule has 0 bridgehead atoms. The molecule has 17 heavy (non-hydrogen) atoms. The van der Waals surface area contributed by atoms with Crippen molar-refractivity contribution in [1.29, 1.82) is 0 Å². The third-order valence-corrected chi connectivity index (χ3v) is 4.57. The Labute approximate surface area is 108 Å². The highest BCUT2D eigenvalue weighted by molar-refractivity contribution is 9.10. The Balaban J connectivity index is 2.01. The first kappa shape index (κ1) is 11.1. The van der Waals surface area contributed by atoms with Crippen molar-refractivity contribution in [3.8, 4) is 0 Å². The molecule has 1 unspecified atom stereocenters. The fourth-order valence-corrected chi connectivity index (χ4v) is 3.39. The summed E-state index contributed by atoms with van der Waals surface area (Å²) in [5.41, 5.74) is 2.65. The van der Waals surface area contributed by atoms with Crippen molar-refractivity contribution < 1.29 is 9.90 Å². The lowest BCUT2D eigenvalue weighted by Crippen LogP contribution is -2.36. The zero-order valence-electron chi connectivity index (χ0n) is 9.37. The van der Waals surface area contributed by atoms with E-state index in [1.54, 1.807) is 0 Å². The molecular formula is C13H14BrNO2. The second kappa shape index (κ2) is 3.73. The molecule has 2 N–H and O–H groups in total. The van der Waals surface area contributed by atoms with Crippen molar-refractivity contribution in [3.63, 3.8) is 0 Å². The first-order chi connectivity index (χ1) is 8.11. The van der Waals surface area contributed by atoms with Gasteiger partial charge >= 0.3 is 6.09 Å². The average Bonchev–Trinajstić information content (AvgIpc) is 3.03. The van der Waals surface area contributed by atoms with Crippen molar-refractivity contribution in [2.24, 2.45) is 5.41 Å². The third-order valence-electron chi connectivity index (χ3n) is 4.08. The molecule has 1 aromatic carbocycles. The van der Waals surface area contributed by atoms with Crippen LogP contribution in [0.2, 0.25) is 0 Å². The fraction of sp³-hybridized carbons (Fsp3) is 0.462. The molecule has 0 saturated heterocycles. The number of halogens is 1. The maximum atomic E-state index is 10.9. The number of amides is 1. The second-order valence-corrected chi connectivity index (χ2v) is 6.00. The largest absolute Gasteiger partial charge is 0.465 e. The lowest BCUT2D eigenvalue weighted by atomic mass is 9.77. The van der Waals surface area contributed by atoms with Crippen LogP contribution in [0.4, 0.5) is 4.79 Å². The van der Waals surface area contributed by atoms with Gasteiger partial charge in [0, 0.05) is 4.47 Å². The molecular weight excluding hydrogens is 282 g/mol. The summed E-state index contributed by atoms with van der Waals surface area (Å²) >= 11 is 3.47. The normalized spacial score (nSPS) is 24.2. The molecule has 1 aromatic rings. The molecule has 0 radical (unpaired) electrons. The van der Waals surface area contributed by atoms with Gasteiger partial charge in [0.05, 0.1) is 6.04 Å². The smallest absolute Gasteiger partial charge is 0.405 e. The van der Waals surface area contributed by atoms with Crippen molar-refractivity contribution >= 4 is 22.0 Å². The summed E-state index contributed by atoms with van der Waals surface area (Å²) < 4.78 is 1.07. The van der Waals surface area contributed by atoms with E-state index in [1.807, 2.05) is 6.07 Å². The van der Waals surface area contributed by atoms with Crippen molar-refractivity contribution in [2.45, 2.75) is 31.7 Å². The van der Waals surface area contributed by atoms with E-state index in [-0.39, 0.29) is 11.5 Å². The van der Waals surface area contributed by atoms with E-state index in [9.17, 15) is 4.79 Å². The van der Waals surface area contributed by atoms with Crippen molar-refractivity contribution in [3.05, 3.63) is 33.8 Å². The number of fused-ring (bicyclic) bond motifs is 1. The predicted octanol–water partition coefficient (Wildman–Crippen LogP) is 3.48. The highest BCUT2D eigenvalue weighted by atomic mass is 79.9. The van der Waals surface area contributed by atoms with Crippen LogP contribution in [-0.2, 0) is 6.42 Å². The first-order valence-electron chi connectivity index (χ1n) is 5.88. The van der Waals surface area contributed by atoms with Gasteiger partial charge in [0.15, 0.2) is 0 Å². The average molecular weight is 296 g/mol. The summed E-state index contributed by atoms with van der Waals surface area (Å²) in [6, 6.07) is 6.15. The molecule has 3 rings (SSSR count). The summed E-state index contributed by atoms with van der Waals surface area (Å²) in [5, 5.41) is 11.7. The summed E-state index contributed by atoms with van der Waals surface area (Å²) in [6.45, 7) is 0. The summed E-state index contributed by atoms with van der Waals surface area (Å²) in [5.74, 6) is 0. The topological polar surface area (TPSA) is 49.3 Å². The van der Waals surface area contributed by atoms with Crippen LogP contribution in [0.3, 0.4) is 0 Å². The summed E-state index contributed by atoms with van der Waals surface area (Å²) in [4.78, 5) is 10.9. The van der Waals surface area contributed by atoms with Crippen molar-refractivity contribution in [2.75, 3.05) is 0 Å². The molecule has 2 aliphatic rings. The zero-order valence-corrected chi connectivity index (χ0v) is 11.0. The van der Waals surface area contributed by atoms with Gasteiger partial charge < -0.3 is 10.4 Å². The Morgan fingerprint density at radius 2 is 2.18 bits per heavy atom. The molecule has 0 heterocycles. The van der Waals surface area contributed by atoms with Gasteiger partial charge in [0.25, 0.3) is 0 Å². The molecule has 1 amide bonds. The van der Waals surface area contributed by atoms with Gasteiger partial charge in [-0.3, -0.25) is 0 Å². The van der Waals surface area contributed by atoms with Crippen LogP contribution < -0.4 is 5.32 Å². The van der Waals surface area contributed by atoms with Gasteiger partial charge in [-0.25, -0.2) is 4.79 Å². The summed E-state index contributed by atoms with van der Waals surface area (Å²) in [6.07, 6.45) is 3.53. The number of hydrogen-bond donors (Lipinski definition) is 2. The molecule has 1 saturated carbocycles. The minimum Gasteiger partial charge on any atom is -0.465 e. The number of nitrogens with one attached hydrogen (secondary N) is 1. The maximum Gasteiger partial charge on any atom is 0.405 e. The van der Waals surface area contributed by atoms with Crippen LogP contribution in [0, 0.1) is 5.41 Å².